The molecule has 2 rings (SSSR count). The summed E-state index contributed by atoms with van der Waals surface area (Å²) in [6, 6.07) is 5.50. The number of carbonyl (C=O) groups is 2. The Morgan fingerprint density at radius 2 is 2.00 bits per heavy atom. The minimum Gasteiger partial charge on any atom is -0.484 e. The number of nitrogens with one attached hydrogen (secondary N) is 1. The Kier molecular flexibility index (Phi) is 6.38. The van der Waals surface area contributed by atoms with Gasteiger partial charge in [-0.25, -0.2) is 9.59 Å². The number of rotatable bonds is 8. The molecule has 0 saturated heterocycles. The molecule has 140 valence electrons. The van der Waals surface area contributed by atoms with Crippen LogP contribution in [-0.2, 0) is 16.0 Å². The van der Waals surface area contributed by atoms with Crippen molar-refractivity contribution in [2.45, 2.75) is 39.7 Å². The highest BCUT2D eigenvalue weighted by molar-refractivity contribution is 5.85. The second-order valence-electron chi connectivity index (χ2n) is 6.48. The molecule has 0 aliphatic rings. The average Bonchev–Trinajstić information content (AvgIpc) is 2.57. The zero-order valence-electron chi connectivity index (χ0n) is 15.1. The zero-order valence-corrected chi connectivity index (χ0v) is 15.1. The van der Waals surface area contributed by atoms with E-state index in [1.54, 1.807) is 18.2 Å². The van der Waals surface area contributed by atoms with Crippen LogP contribution in [0, 0.1) is 5.92 Å². The maximum Gasteiger partial charge on any atom is 0.336 e. The van der Waals surface area contributed by atoms with Gasteiger partial charge >= 0.3 is 11.6 Å². The van der Waals surface area contributed by atoms with Gasteiger partial charge in [-0.3, -0.25) is 4.79 Å². The number of carboxylic acids is 1. The summed E-state index contributed by atoms with van der Waals surface area (Å²) in [5.74, 6) is -1.11. The van der Waals surface area contributed by atoms with Crippen LogP contribution in [0.3, 0.4) is 0 Å². The van der Waals surface area contributed by atoms with Crippen LogP contribution in [0.2, 0.25) is 0 Å². The molecule has 0 radical (unpaired) electrons. The molecule has 1 heterocycles. The Bertz CT molecular complexity index is 855. The second kappa shape index (κ2) is 8.51. The minimum atomic E-state index is -1.08. The fraction of sp³-hybridized carbons (Fsp3) is 0.421. The van der Waals surface area contributed by atoms with E-state index in [4.69, 9.17) is 14.3 Å². The lowest BCUT2D eigenvalue weighted by molar-refractivity contribution is -0.142. The van der Waals surface area contributed by atoms with Gasteiger partial charge in [0.05, 0.1) is 0 Å². The molecule has 2 aromatic rings. The predicted octanol–water partition coefficient (Wildman–Crippen LogP) is 2.35. The van der Waals surface area contributed by atoms with Crippen LogP contribution in [0.1, 0.15) is 32.8 Å². The fourth-order valence-corrected chi connectivity index (χ4v) is 2.67. The highest BCUT2D eigenvalue weighted by atomic mass is 16.5. The van der Waals surface area contributed by atoms with Gasteiger partial charge in [0.2, 0.25) is 0 Å². The Balaban J connectivity index is 2.06. The number of aryl methyl sites for hydroxylation is 1. The van der Waals surface area contributed by atoms with E-state index >= 15 is 0 Å². The van der Waals surface area contributed by atoms with E-state index in [0.29, 0.717) is 24.2 Å². The molecule has 0 saturated carbocycles. The van der Waals surface area contributed by atoms with Crippen LogP contribution in [0.4, 0.5) is 0 Å². The molecule has 1 amide bonds. The molecule has 0 bridgehead atoms. The first-order chi connectivity index (χ1) is 12.3. The quantitative estimate of drug-likeness (QED) is 0.699. The highest BCUT2D eigenvalue weighted by Crippen LogP contribution is 2.23. The third-order valence-corrected chi connectivity index (χ3v) is 3.89. The third-order valence-electron chi connectivity index (χ3n) is 3.89. The fourth-order valence-electron chi connectivity index (χ4n) is 2.67. The van der Waals surface area contributed by atoms with E-state index in [1.807, 2.05) is 20.8 Å². The molecule has 0 aliphatic carbocycles. The molecule has 0 spiro atoms. The van der Waals surface area contributed by atoms with Gasteiger partial charge in [-0.15, -0.1) is 0 Å². The lowest BCUT2D eigenvalue weighted by atomic mass is 10.0. The van der Waals surface area contributed by atoms with Crippen molar-refractivity contribution in [3.8, 4) is 5.75 Å². The summed E-state index contributed by atoms with van der Waals surface area (Å²) >= 11 is 0. The second-order valence-corrected chi connectivity index (χ2v) is 6.48. The van der Waals surface area contributed by atoms with Gasteiger partial charge in [-0.1, -0.05) is 20.8 Å². The number of carboxylic acid groups (broad SMARTS) is 1. The van der Waals surface area contributed by atoms with Gasteiger partial charge in [0.15, 0.2) is 6.61 Å². The molecule has 26 heavy (non-hydrogen) atoms. The van der Waals surface area contributed by atoms with Crippen molar-refractivity contribution in [2.24, 2.45) is 5.92 Å². The summed E-state index contributed by atoms with van der Waals surface area (Å²) in [6.45, 7) is 5.38. The Labute approximate surface area is 151 Å². The van der Waals surface area contributed by atoms with Gasteiger partial charge in [0.1, 0.15) is 17.4 Å². The smallest absolute Gasteiger partial charge is 0.336 e. The van der Waals surface area contributed by atoms with E-state index in [9.17, 15) is 14.4 Å². The molecular weight excluding hydrogens is 338 g/mol. The summed E-state index contributed by atoms with van der Waals surface area (Å²) in [7, 11) is 0. The van der Waals surface area contributed by atoms with Gasteiger partial charge in [0, 0.05) is 17.5 Å². The number of hydrogen-bond donors (Lipinski definition) is 2. The van der Waals surface area contributed by atoms with Crippen molar-refractivity contribution in [1.29, 1.82) is 0 Å². The molecule has 2 N–H and O–H groups in total. The first kappa shape index (κ1) is 19.5. The Morgan fingerprint density at radius 1 is 1.27 bits per heavy atom. The van der Waals surface area contributed by atoms with Gasteiger partial charge in [-0.05, 0) is 36.5 Å². The first-order valence-corrected chi connectivity index (χ1v) is 8.52. The average molecular weight is 361 g/mol. The van der Waals surface area contributed by atoms with Crippen LogP contribution in [0.5, 0.6) is 5.75 Å². The van der Waals surface area contributed by atoms with Crippen molar-refractivity contribution in [3.05, 3.63) is 40.2 Å². The number of benzene rings is 1. The molecule has 7 nitrogen and oxygen atoms in total. The van der Waals surface area contributed by atoms with Crippen molar-refractivity contribution in [2.75, 3.05) is 6.61 Å². The summed E-state index contributed by atoms with van der Waals surface area (Å²) in [5, 5.41) is 12.4. The number of amides is 1. The molecule has 1 atom stereocenters. The van der Waals surface area contributed by atoms with Gasteiger partial charge in [-0.2, -0.15) is 0 Å². The monoisotopic (exact) mass is 361 g/mol. The number of fused-ring (bicyclic) bond motifs is 1. The lowest BCUT2D eigenvalue weighted by Crippen LogP contribution is -2.43. The van der Waals surface area contributed by atoms with E-state index in [2.05, 4.69) is 5.32 Å². The number of carbonyl (C=O) groups excluding carboxylic acids is 1. The molecular formula is C19H23NO6. The van der Waals surface area contributed by atoms with Gasteiger partial charge in [0.25, 0.3) is 5.91 Å². The standard InChI is InChI=1S/C19H23NO6/c1-4-12-8-18(22)26-16-9-13(5-6-14(12)16)25-10-17(21)20-15(19(23)24)7-11(2)3/h5-6,8-9,11,15H,4,7,10H2,1-3H3,(H,20,21)(H,23,24)/t15-/m1/s1. The molecule has 0 fully saturated rings. The van der Waals surface area contributed by atoms with Crippen molar-refractivity contribution in [3.63, 3.8) is 0 Å². The topological polar surface area (TPSA) is 106 Å². The normalized spacial score (nSPS) is 12.2. The molecule has 1 aromatic heterocycles. The van der Waals surface area contributed by atoms with E-state index in [1.165, 1.54) is 6.07 Å². The highest BCUT2D eigenvalue weighted by Gasteiger charge is 2.21. The van der Waals surface area contributed by atoms with Crippen molar-refractivity contribution < 1.29 is 23.8 Å². The number of ether oxygens (including phenoxy) is 1. The zero-order chi connectivity index (χ0) is 19.3. The molecule has 7 heteroatoms. The predicted molar refractivity (Wildman–Crippen MR) is 96.4 cm³/mol. The number of aliphatic carboxylic acids is 1. The van der Waals surface area contributed by atoms with E-state index < -0.39 is 23.5 Å². The summed E-state index contributed by atoms with van der Waals surface area (Å²) in [5.41, 5.74) is 0.816. The molecule has 0 unspecified atom stereocenters. The SMILES string of the molecule is CCc1cc(=O)oc2cc(OCC(=O)N[C@H](CC(C)C)C(=O)O)ccc12. The van der Waals surface area contributed by atoms with Crippen LogP contribution < -0.4 is 15.7 Å². The van der Waals surface area contributed by atoms with Crippen LogP contribution in [-0.4, -0.2) is 29.6 Å². The number of hydrogen-bond acceptors (Lipinski definition) is 5. The molecule has 0 aliphatic heterocycles. The Morgan fingerprint density at radius 3 is 2.62 bits per heavy atom. The van der Waals surface area contributed by atoms with E-state index in [-0.39, 0.29) is 12.5 Å². The van der Waals surface area contributed by atoms with Crippen LogP contribution in [0.15, 0.2) is 33.5 Å². The van der Waals surface area contributed by atoms with Crippen molar-refractivity contribution in [1.82, 2.24) is 5.32 Å². The minimum absolute atomic E-state index is 0.133. The third kappa shape index (κ3) is 5.08. The molecule has 1 aromatic carbocycles. The van der Waals surface area contributed by atoms with Crippen LogP contribution >= 0.6 is 0 Å². The van der Waals surface area contributed by atoms with Crippen molar-refractivity contribution >= 4 is 22.8 Å². The summed E-state index contributed by atoms with van der Waals surface area (Å²) in [4.78, 5) is 34.7. The summed E-state index contributed by atoms with van der Waals surface area (Å²) < 4.78 is 10.6. The first-order valence-electron chi connectivity index (χ1n) is 8.52. The van der Waals surface area contributed by atoms with Gasteiger partial charge < -0.3 is 19.6 Å². The largest absolute Gasteiger partial charge is 0.484 e. The summed E-state index contributed by atoms with van der Waals surface area (Å²) in [6.07, 6.45) is 1.03. The lowest BCUT2D eigenvalue weighted by Gasteiger charge is -2.16. The van der Waals surface area contributed by atoms with Crippen LogP contribution in [0.25, 0.3) is 11.0 Å². The maximum absolute atomic E-state index is 12.0. The Hall–Kier alpha value is -2.83. The maximum atomic E-state index is 12.0. The van der Waals surface area contributed by atoms with E-state index in [0.717, 1.165) is 10.9 Å².